The third kappa shape index (κ3) is 3.54. The average Bonchev–Trinajstić information content (AvgIpc) is 2.67. The molecule has 2 aromatic rings. The number of nitrogens with one attached hydrogen (secondary N) is 1. The minimum atomic E-state index is -1.42. The lowest BCUT2D eigenvalue weighted by molar-refractivity contribution is -0.136. The predicted octanol–water partition coefficient (Wildman–Crippen LogP) is 3.38. The summed E-state index contributed by atoms with van der Waals surface area (Å²) in [5.74, 6) is -3.98. The van der Waals surface area contributed by atoms with Crippen LogP contribution >= 0.6 is 0 Å². The summed E-state index contributed by atoms with van der Waals surface area (Å²) < 4.78 is 33.5. The van der Waals surface area contributed by atoms with Crippen LogP contribution in [0, 0.1) is 11.6 Å². The number of hydrogen-bond donors (Lipinski definition) is 2. The summed E-state index contributed by atoms with van der Waals surface area (Å²) in [5.41, 5.74) is -0.550. The molecule has 0 radical (unpaired) electrons. The second-order valence-electron chi connectivity index (χ2n) is 6.20. The number of methoxy groups -OCH3 is 1. The monoisotopic (exact) mass is 402 g/mol. The highest BCUT2D eigenvalue weighted by atomic mass is 19.1. The van der Waals surface area contributed by atoms with Crippen molar-refractivity contribution in [3.8, 4) is 0 Å². The summed E-state index contributed by atoms with van der Waals surface area (Å²) >= 11 is 0. The third-order valence-corrected chi connectivity index (χ3v) is 4.53. The van der Waals surface area contributed by atoms with E-state index in [9.17, 15) is 28.3 Å². The molecule has 2 N–H and O–H groups in total. The highest BCUT2D eigenvalue weighted by Gasteiger charge is 2.39. The molecule has 2 aromatic carbocycles. The molecule has 150 valence electrons. The molecule has 29 heavy (non-hydrogen) atoms. The van der Waals surface area contributed by atoms with Crippen LogP contribution < -0.4 is 10.2 Å². The third-order valence-electron chi connectivity index (χ3n) is 4.53. The van der Waals surface area contributed by atoms with E-state index in [4.69, 9.17) is 4.74 Å². The number of nitrogens with zero attached hydrogens (tertiary/aromatic N) is 1. The van der Waals surface area contributed by atoms with E-state index >= 15 is 0 Å². The van der Waals surface area contributed by atoms with E-state index in [0.717, 1.165) is 30.2 Å². The first kappa shape index (κ1) is 20.0. The van der Waals surface area contributed by atoms with Gasteiger partial charge >= 0.3 is 18.0 Å². The van der Waals surface area contributed by atoms with Crippen LogP contribution in [0.1, 0.15) is 28.9 Å². The van der Waals surface area contributed by atoms with Gasteiger partial charge in [0.05, 0.1) is 35.5 Å². The first-order chi connectivity index (χ1) is 13.8. The quantitative estimate of drug-likeness (QED) is 0.765. The standard InChI is InChI=1S/C20H16F2N2O5/c1-10-15(19(27)29-2)17(16-13(21)7-4-8-14(16)22)23-20(28)24(10)12-6-3-5-11(9-12)18(25)26/h3-9,17H,1-2H3,(H,23,28)(H,25,26)/t17-/m1/s1. The Labute approximate surface area is 164 Å². The van der Waals surface area contributed by atoms with Gasteiger partial charge in [-0.3, -0.25) is 4.90 Å². The molecule has 7 nitrogen and oxygen atoms in total. The summed E-state index contributed by atoms with van der Waals surface area (Å²) in [7, 11) is 1.10. The van der Waals surface area contributed by atoms with Crippen molar-refractivity contribution in [1.82, 2.24) is 5.32 Å². The van der Waals surface area contributed by atoms with Gasteiger partial charge in [-0.15, -0.1) is 0 Å². The molecule has 0 unspecified atom stereocenters. The maximum absolute atomic E-state index is 14.3. The van der Waals surface area contributed by atoms with Gasteiger partial charge in [0.1, 0.15) is 11.6 Å². The number of hydrogen-bond acceptors (Lipinski definition) is 4. The highest BCUT2D eigenvalue weighted by molar-refractivity contribution is 6.03. The number of amides is 2. The first-order valence-electron chi connectivity index (χ1n) is 8.43. The van der Waals surface area contributed by atoms with Crippen molar-refractivity contribution in [3.63, 3.8) is 0 Å². The van der Waals surface area contributed by atoms with Gasteiger partial charge in [-0.25, -0.2) is 23.2 Å². The largest absolute Gasteiger partial charge is 0.478 e. The van der Waals surface area contributed by atoms with E-state index in [0.29, 0.717) is 0 Å². The van der Waals surface area contributed by atoms with Gasteiger partial charge in [0.15, 0.2) is 0 Å². The summed E-state index contributed by atoms with van der Waals surface area (Å²) in [4.78, 5) is 37.5. The lowest BCUT2D eigenvalue weighted by atomic mass is 9.93. The fraction of sp³-hybridized carbons (Fsp3) is 0.150. The highest BCUT2D eigenvalue weighted by Crippen LogP contribution is 2.36. The van der Waals surface area contributed by atoms with Crippen LogP contribution in [0.5, 0.6) is 0 Å². The van der Waals surface area contributed by atoms with Gasteiger partial charge in [0.25, 0.3) is 0 Å². The number of anilines is 1. The molecule has 2 amide bonds. The molecule has 0 aliphatic carbocycles. The van der Waals surface area contributed by atoms with Gasteiger partial charge in [0, 0.05) is 5.70 Å². The van der Waals surface area contributed by atoms with E-state index in [2.05, 4.69) is 5.32 Å². The number of urea groups is 1. The number of carbonyl (C=O) groups excluding carboxylic acids is 2. The second kappa shape index (κ2) is 7.70. The summed E-state index contributed by atoms with van der Waals surface area (Å²) in [6.07, 6.45) is 0. The van der Waals surface area contributed by atoms with Crippen molar-refractivity contribution in [2.75, 3.05) is 12.0 Å². The SMILES string of the molecule is COC(=O)C1=C(C)N(c2cccc(C(=O)O)c2)C(=O)N[C@H]1c1c(F)cccc1F. The number of carboxylic acids is 1. The molecule has 3 rings (SSSR count). The molecule has 0 bridgehead atoms. The minimum absolute atomic E-state index is 0.0517. The average molecular weight is 402 g/mol. The van der Waals surface area contributed by atoms with Gasteiger partial charge in [-0.2, -0.15) is 0 Å². The van der Waals surface area contributed by atoms with E-state index in [1.165, 1.54) is 31.2 Å². The fourth-order valence-electron chi connectivity index (χ4n) is 3.21. The molecule has 1 aliphatic rings. The normalized spacial score (nSPS) is 16.5. The smallest absolute Gasteiger partial charge is 0.337 e. The number of benzene rings is 2. The number of carboxylic acid groups (broad SMARTS) is 1. The molecular formula is C20H16F2N2O5. The number of rotatable bonds is 4. The minimum Gasteiger partial charge on any atom is -0.478 e. The number of ether oxygens (including phenoxy) is 1. The van der Waals surface area contributed by atoms with E-state index in [1.54, 1.807) is 0 Å². The zero-order valence-corrected chi connectivity index (χ0v) is 15.4. The van der Waals surface area contributed by atoms with Crippen molar-refractivity contribution in [1.29, 1.82) is 0 Å². The zero-order chi connectivity index (χ0) is 21.3. The Hall–Kier alpha value is -3.75. The fourth-order valence-corrected chi connectivity index (χ4v) is 3.21. The van der Waals surface area contributed by atoms with Crippen molar-refractivity contribution in [2.45, 2.75) is 13.0 Å². The molecule has 0 fully saturated rings. The predicted molar refractivity (Wildman–Crippen MR) is 98.2 cm³/mol. The molecule has 9 heteroatoms. The molecular weight excluding hydrogens is 386 g/mol. The van der Waals surface area contributed by atoms with E-state index < -0.39 is 41.2 Å². The van der Waals surface area contributed by atoms with Crippen LogP contribution in [0.4, 0.5) is 19.3 Å². The molecule has 1 heterocycles. The van der Waals surface area contributed by atoms with Crippen LogP contribution in [-0.2, 0) is 9.53 Å². The van der Waals surface area contributed by atoms with Gasteiger partial charge in [-0.1, -0.05) is 12.1 Å². The van der Waals surface area contributed by atoms with Gasteiger partial charge in [0.2, 0.25) is 0 Å². The van der Waals surface area contributed by atoms with Gasteiger partial charge < -0.3 is 15.2 Å². The lowest BCUT2D eigenvalue weighted by Gasteiger charge is -2.35. The Bertz CT molecular complexity index is 1030. The van der Waals surface area contributed by atoms with Crippen molar-refractivity contribution in [3.05, 3.63) is 76.5 Å². The maximum atomic E-state index is 14.3. The van der Waals surface area contributed by atoms with Crippen molar-refractivity contribution in [2.24, 2.45) is 0 Å². The molecule has 1 aliphatic heterocycles. The second-order valence-corrected chi connectivity index (χ2v) is 6.20. The van der Waals surface area contributed by atoms with Crippen LogP contribution in [0.3, 0.4) is 0 Å². The van der Waals surface area contributed by atoms with Crippen LogP contribution in [0.25, 0.3) is 0 Å². The number of aromatic carboxylic acids is 1. The Kier molecular flexibility index (Phi) is 5.31. The lowest BCUT2D eigenvalue weighted by Crippen LogP contribution is -2.48. The topological polar surface area (TPSA) is 95.9 Å². The number of carbonyl (C=O) groups is 3. The first-order valence-corrected chi connectivity index (χ1v) is 8.43. The van der Waals surface area contributed by atoms with Crippen LogP contribution in [0.2, 0.25) is 0 Å². The zero-order valence-electron chi connectivity index (χ0n) is 15.4. The Morgan fingerprint density at radius 3 is 2.34 bits per heavy atom. The summed E-state index contributed by atoms with van der Waals surface area (Å²) in [6, 6.07) is 6.45. The van der Waals surface area contributed by atoms with Crippen LogP contribution in [0.15, 0.2) is 53.7 Å². The maximum Gasteiger partial charge on any atom is 0.337 e. The number of esters is 1. The Morgan fingerprint density at radius 1 is 1.14 bits per heavy atom. The molecule has 0 spiro atoms. The van der Waals surface area contributed by atoms with E-state index in [1.807, 2.05) is 0 Å². The molecule has 0 saturated heterocycles. The summed E-state index contributed by atoms with van der Waals surface area (Å²) in [6.45, 7) is 1.41. The Morgan fingerprint density at radius 2 is 1.76 bits per heavy atom. The van der Waals surface area contributed by atoms with E-state index in [-0.39, 0.29) is 22.5 Å². The number of allylic oxidation sites excluding steroid dienone is 1. The van der Waals surface area contributed by atoms with Crippen molar-refractivity contribution >= 4 is 23.7 Å². The van der Waals surface area contributed by atoms with Gasteiger partial charge in [-0.05, 0) is 37.3 Å². The number of halogens is 2. The molecule has 0 aromatic heterocycles. The Balaban J connectivity index is 2.20. The van der Waals surface area contributed by atoms with Crippen molar-refractivity contribution < 1.29 is 33.0 Å². The molecule has 1 atom stereocenters. The molecule has 0 saturated carbocycles. The summed E-state index contributed by atoms with van der Waals surface area (Å²) in [5, 5.41) is 11.6. The van der Waals surface area contributed by atoms with Crippen LogP contribution in [-0.4, -0.2) is 30.2 Å².